The summed E-state index contributed by atoms with van der Waals surface area (Å²) in [6.07, 6.45) is 7.02. The van der Waals surface area contributed by atoms with Crippen molar-refractivity contribution in [2.24, 2.45) is 5.41 Å². The van der Waals surface area contributed by atoms with Crippen LogP contribution in [0.4, 0.5) is 0 Å². The van der Waals surface area contributed by atoms with E-state index in [1.54, 1.807) is 0 Å². The zero-order chi connectivity index (χ0) is 11.7. The van der Waals surface area contributed by atoms with Gasteiger partial charge in [-0.25, -0.2) is 0 Å². The maximum atomic E-state index is 4.59. The van der Waals surface area contributed by atoms with Crippen molar-refractivity contribution >= 4 is 24.0 Å². The summed E-state index contributed by atoms with van der Waals surface area (Å²) < 4.78 is 0. The normalized spacial score (nSPS) is 22.7. The number of hydrogen-bond donors (Lipinski definition) is 1. The lowest BCUT2D eigenvalue weighted by Gasteiger charge is -2.44. The van der Waals surface area contributed by atoms with Gasteiger partial charge in [0.15, 0.2) is 0 Å². The second kappa shape index (κ2) is 4.94. The molecule has 0 N–H and O–H groups in total. The fourth-order valence-electron chi connectivity index (χ4n) is 2.83. The Morgan fingerprint density at radius 2 is 2.24 bits per heavy atom. The van der Waals surface area contributed by atoms with E-state index in [-0.39, 0.29) is 0 Å². The fraction of sp³-hybridized carbons (Fsp3) is 0.714. The van der Waals surface area contributed by atoms with E-state index in [2.05, 4.69) is 35.0 Å². The predicted octanol–water partition coefficient (Wildman–Crippen LogP) is 3.81. The summed E-state index contributed by atoms with van der Waals surface area (Å²) in [6.45, 7) is 2.44. The van der Waals surface area contributed by atoms with Crippen LogP contribution in [0.15, 0.2) is 17.5 Å². The number of nitrogens with zero attached hydrogens (tertiary/aromatic N) is 1. The van der Waals surface area contributed by atoms with Crippen LogP contribution < -0.4 is 0 Å². The molecule has 1 heterocycles. The molecule has 0 aliphatic heterocycles. The molecular formula is C14H21NS2. The Morgan fingerprint density at radius 3 is 2.71 bits per heavy atom. The maximum absolute atomic E-state index is 4.59. The highest BCUT2D eigenvalue weighted by Crippen LogP contribution is 2.44. The van der Waals surface area contributed by atoms with Crippen molar-refractivity contribution in [2.45, 2.75) is 44.7 Å². The van der Waals surface area contributed by atoms with E-state index >= 15 is 0 Å². The van der Waals surface area contributed by atoms with E-state index in [1.807, 2.05) is 11.3 Å². The van der Waals surface area contributed by atoms with Gasteiger partial charge in [0, 0.05) is 24.0 Å². The van der Waals surface area contributed by atoms with Crippen LogP contribution in [0.25, 0.3) is 0 Å². The van der Waals surface area contributed by atoms with Gasteiger partial charge in [0.05, 0.1) is 0 Å². The second-order valence-electron chi connectivity index (χ2n) is 5.73. The van der Waals surface area contributed by atoms with E-state index in [1.165, 1.54) is 43.5 Å². The van der Waals surface area contributed by atoms with Crippen LogP contribution in [0.1, 0.15) is 37.0 Å². The topological polar surface area (TPSA) is 3.24 Å². The van der Waals surface area contributed by atoms with Gasteiger partial charge in [-0.3, -0.25) is 4.90 Å². The monoisotopic (exact) mass is 267 g/mol. The fourth-order valence-corrected chi connectivity index (χ4v) is 3.98. The summed E-state index contributed by atoms with van der Waals surface area (Å²) >= 11 is 6.48. The van der Waals surface area contributed by atoms with Gasteiger partial charge in [-0.2, -0.15) is 12.6 Å². The Kier molecular flexibility index (Phi) is 3.51. The average molecular weight is 267 g/mol. The van der Waals surface area contributed by atoms with Gasteiger partial charge in [-0.15, -0.1) is 11.3 Å². The van der Waals surface area contributed by atoms with Crippen molar-refractivity contribution in [2.75, 3.05) is 12.3 Å². The first-order valence-electron chi connectivity index (χ1n) is 6.69. The average Bonchev–Trinajstić information content (AvgIpc) is 3.01. The molecule has 1 nitrogen and oxygen atoms in total. The molecule has 3 heteroatoms. The predicted molar refractivity (Wildman–Crippen MR) is 77.9 cm³/mol. The van der Waals surface area contributed by atoms with Crippen molar-refractivity contribution in [3.05, 3.63) is 22.4 Å². The van der Waals surface area contributed by atoms with Crippen LogP contribution in [0, 0.1) is 5.41 Å². The highest BCUT2D eigenvalue weighted by Gasteiger charge is 2.40. The summed E-state index contributed by atoms with van der Waals surface area (Å²) in [7, 11) is 0. The van der Waals surface area contributed by atoms with Crippen LogP contribution in [-0.4, -0.2) is 23.2 Å². The largest absolute Gasteiger partial charge is 0.295 e. The number of thiol groups is 1. The first-order valence-corrected chi connectivity index (χ1v) is 8.20. The van der Waals surface area contributed by atoms with Crippen LogP contribution >= 0.6 is 24.0 Å². The van der Waals surface area contributed by atoms with E-state index < -0.39 is 0 Å². The van der Waals surface area contributed by atoms with Crippen LogP contribution in [0.2, 0.25) is 0 Å². The molecule has 17 heavy (non-hydrogen) atoms. The minimum atomic E-state index is 0.545. The molecule has 0 spiro atoms. The molecular weight excluding hydrogens is 246 g/mol. The van der Waals surface area contributed by atoms with Crippen molar-refractivity contribution in [3.8, 4) is 0 Å². The van der Waals surface area contributed by atoms with Gasteiger partial charge in [0.25, 0.3) is 0 Å². The lowest BCUT2D eigenvalue weighted by atomic mass is 9.70. The summed E-state index contributed by atoms with van der Waals surface area (Å²) in [5, 5.41) is 2.19. The quantitative estimate of drug-likeness (QED) is 0.767. The molecule has 0 saturated heterocycles. The van der Waals surface area contributed by atoms with Crippen molar-refractivity contribution in [1.29, 1.82) is 0 Å². The summed E-state index contributed by atoms with van der Waals surface area (Å²) in [5.74, 6) is 1.07. The Labute approximate surface area is 114 Å². The Balaban J connectivity index is 1.64. The maximum Gasteiger partial charge on any atom is 0.0331 e. The number of rotatable bonds is 6. The third kappa shape index (κ3) is 2.72. The van der Waals surface area contributed by atoms with Gasteiger partial charge < -0.3 is 0 Å². The summed E-state index contributed by atoms with van der Waals surface area (Å²) in [4.78, 5) is 4.24. The third-order valence-electron chi connectivity index (χ3n) is 4.29. The van der Waals surface area contributed by atoms with E-state index in [0.29, 0.717) is 5.41 Å². The van der Waals surface area contributed by atoms with Gasteiger partial charge >= 0.3 is 0 Å². The highest BCUT2D eigenvalue weighted by atomic mass is 32.1. The minimum Gasteiger partial charge on any atom is -0.295 e. The molecule has 2 fully saturated rings. The van der Waals surface area contributed by atoms with E-state index in [4.69, 9.17) is 0 Å². The summed E-state index contributed by atoms with van der Waals surface area (Å²) in [6, 6.07) is 5.31. The first kappa shape index (κ1) is 12.1. The zero-order valence-electron chi connectivity index (χ0n) is 10.3. The van der Waals surface area contributed by atoms with Gasteiger partial charge in [-0.1, -0.05) is 12.5 Å². The van der Waals surface area contributed by atoms with Crippen LogP contribution in [0.5, 0.6) is 0 Å². The van der Waals surface area contributed by atoms with Crippen molar-refractivity contribution in [3.63, 3.8) is 0 Å². The smallest absolute Gasteiger partial charge is 0.0331 e. The molecule has 3 rings (SSSR count). The molecule has 2 aliphatic carbocycles. The highest BCUT2D eigenvalue weighted by molar-refractivity contribution is 7.80. The Hall–Kier alpha value is 0.01000. The van der Waals surface area contributed by atoms with E-state index in [9.17, 15) is 0 Å². The van der Waals surface area contributed by atoms with Crippen LogP contribution in [0.3, 0.4) is 0 Å². The van der Waals surface area contributed by atoms with E-state index in [0.717, 1.165) is 18.3 Å². The summed E-state index contributed by atoms with van der Waals surface area (Å²) in [5.41, 5.74) is 0.545. The standard InChI is InChI=1S/C14H21NS2/c16-11-14(6-2-7-14)10-15(12-4-5-12)9-13-3-1-8-17-13/h1,3,8,12,16H,2,4-7,9-11H2. The first-order chi connectivity index (χ1) is 8.31. The molecule has 0 bridgehead atoms. The second-order valence-corrected chi connectivity index (χ2v) is 7.08. The molecule has 0 unspecified atom stereocenters. The van der Waals surface area contributed by atoms with Gasteiger partial charge in [0.2, 0.25) is 0 Å². The van der Waals surface area contributed by atoms with Gasteiger partial charge in [-0.05, 0) is 48.3 Å². The van der Waals surface area contributed by atoms with Crippen molar-refractivity contribution < 1.29 is 0 Å². The third-order valence-corrected chi connectivity index (χ3v) is 5.82. The number of hydrogen-bond acceptors (Lipinski definition) is 3. The molecule has 94 valence electrons. The van der Waals surface area contributed by atoms with Gasteiger partial charge in [0.1, 0.15) is 0 Å². The van der Waals surface area contributed by atoms with Crippen LogP contribution in [-0.2, 0) is 6.54 Å². The molecule has 0 amide bonds. The molecule has 1 aromatic heterocycles. The zero-order valence-corrected chi connectivity index (χ0v) is 12.0. The molecule has 2 aliphatic rings. The van der Waals surface area contributed by atoms with Crippen molar-refractivity contribution in [1.82, 2.24) is 4.90 Å². The number of thiophene rings is 1. The Bertz CT molecular complexity index is 347. The molecule has 0 atom stereocenters. The lowest BCUT2D eigenvalue weighted by molar-refractivity contribution is 0.0817. The Morgan fingerprint density at radius 1 is 1.41 bits per heavy atom. The molecule has 2 saturated carbocycles. The minimum absolute atomic E-state index is 0.545. The molecule has 0 aromatic carbocycles. The molecule has 1 aromatic rings. The molecule has 0 radical (unpaired) electrons. The lowest BCUT2D eigenvalue weighted by Crippen LogP contribution is -2.44. The SMILES string of the molecule is SCC1(CN(Cc2cccs2)C2CC2)CCC1.